The van der Waals surface area contributed by atoms with Crippen molar-refractivity contribution >= 4 is 0 Å². The van der Waals surface area contributed by atoms with E-state index in [0.29, 0.717) is 12.1 Å². The number of hydroxylamine groups is 2. The third kappa shape index (κ3) is 6.31. The van der Waals surface area contributed by atoms with Crippen LogP contribution >= 0.6 is 0 Å². The smallest absolute Gasteiger partial charge is 0.0793 e. The third-order valence-corrected chi connectivity index (χ3v) is 5.36. The van der Waals surface area contributed by atoms with Crippen LogP contribution in [0.25, 0.3) is 0 Å². The fourth-order valence-corrected chi connectivity index (χ4v) is 4.50. The van der Waals surface area contributed by atoms with Gasteiger partial charge in [-0.2, -0.15) is 5.06 Å². The molecule has 2 fully saturated rings. The second kappa shape index (κ2) is 10.1. The van der Waals surface area contributed by atoms with Gasteiger partial charge in [-0.05, 0) is 66.3 Å². The average Bonchev–Trinajstić information content (AvgIpc) is 2.53. The zero-order valence-corrected chi connectivity index (χ0v) is 17.6. The van der Waals surface area contributed by atoms with Crippen molar-refractivity contribution in [3.63, 3.8) is 0 Å². The van der Waals surface area contributed by atoms with Gasteiger partial charge in [0.2, 0.25) is 0 Å². The summed E-state index contributed by atoms with van der Waals surface area (Å²) in [6, 6.07) is 0.614. The summed E-state index contributed by atoms with van der Waals surface area (Å²) >= 11 is 0. The molecule has 0 atom stereocenters. The molecule has 1 saturated heterocycles. The van der Waals surface area contributed by atoms with Gasteiger partial charge in [-0.25, -0.2) is 0 Å². The summed E-state index contributed by atoms with van der Waals surface area (Å²) in [7, 11) is 0. The molecule has 1 N–H and O–H groups in total. The van der Waals surface area contributed by atoms with Gasteiger partial charge in [0.1, 0.15) is 0 Å². The first-order chi connectivity index (χ1) is 11.3. The minimum atomic E-state index is 0.100. The van der Waals surface area contributed by atoms with Gasteiger partial charge in [0, 0.05) is 17.1 Å². The Kier molecular flexibility index (Phi) is 9.25. The van der Waals surface area contributed by atoms with Crippen LogP contribution in [0.4, 0.5) is 0 Å². The Labute approximate surface area is 151 Å². The fraction of sp³-hybridized carbons (Fsp3) is 1.00. The number of nitrogens with one attached hydrogen (secondary N) is 1. The number of hydrogen-bond acceptors (Lipinski definition) is 3. The Morgan fingerprint density at radius 1 is 0.958 bits per heavy atom. The minimum absolute atomic E-state index is 0.100. The van der Waals surface area contributed by atoms with Crippen molar-refractivity contribution in [3.05, 3.63) is 0 Å². The molecule has 2 rings (SSSR count). The number of piperidine rings is 1. The molecule has 0 radical (unpaired) electrons. The van der Waals surface area contributed by atoms with Crippen LogP contribution in [0, 0.1) is 0 Å². The summed E-state index contributed by atoms with van der Waals surface area (Å²) in [5.74, 6) is 0. The monoisotopic (exact) mass is 340 g/mol. The Balaban J connectivity index is 0.00000139. The van der Waals surface area contributed by atoms with Crippen LogP contribution in [-0.2, 0) is 4.84 Å². The lowest BCUT2D eigenvalue weighted by Gasteiger charge is -2.55. The summed E-state index contributed by atoms with van der Waals surface area (Å²) in [5.41, 5.74) is 0.201. The molecule has 1 saturated carbocycles. The van der Waals surface area contributed by atoms with Crippen LogP contribution in [0.15, 0.2) is 0 Å². The topological polar surface area (TPSA) is 24.5 Å². The first kappa shape index (κ1) is 21.9. The Hall–Kier alpha value is -0.120. The van der Waals surface area contributed by atoms with E-state index in [2.05, 4.69) is 45.0 Å². The number of unbranched alkanes of at least 4 members (excludes halogenated alkanes) is 1. The predicted molar refractivity (Wildman–Crippen MR) is 105 cm³/mol. The lowest BCUT2D eigenvalue weighted by Crippen LogP contribution is -2.64. The summed E-state index contributed by atoms with van der Waals surface area (Å²) in [6.45, 7) is 16.8. The Bertz CT molecular complexity index is 317. The van der Waals surface area contributed by atoms with Crippen LogP contribution in [0.2, 0.25) is 0 Å². The number of nitrogens with zero attached hydrogens (tertiary/aromatic N) is 1. The van der Waals surface area contributed by atoms with Crippen molar-refractivity contribution in [2.24, 2.45) is 0 Å². The molecule has 0 bridgehead atoms. The highest BCUT2D eigenvalue weighted by atomic mass is 16.7. The molecule has 0 spiro atoms. The van der Waals surface area contributed by atoms with Crippen molar-refractivity contribution < 1.29 is 4.84 Å². The molecule has 0 amide bonds. The first-order valence-electron chi connectivity index (χ1n) is 10.6. The van der Waals surface area contributed by atoms with E-state index >= 15 is 0 Å². The highest BCUT2D eigenvalue weighted by molar-refractivity contribution is 4.99. The zero-order chi connectivity index (χ0) is 18.2. The van der Waals surface area contributed by atoms with E-state index in [9.17, 15) is 0 Å². The summed E-state index contributed by atoms with van der Waals surface area (Å²) in [5, 5.41) is 6.13. The molecule has 1 aliphatic heterocycles. The van der Waals surface area contributed by atoms with E-state index < -0.39 is 0 Å². The van der Waals surface area contributed by atoms with Crippen LogP contribution in [0.1, 0.15) is 106 Å². The predicted octanol–water partition coefficient (Wildman–Crippen LogP) is 5.69. The van der Waals surface area contributed by atoms with E-state index in [1.807, 2.05) is 13.8 Å². The standard InChI is InChI=1S/C19H38N2O.C2H6/c1-6-7-13-20-16-14-18(2,3)21(19(4,5)15-16)22-17-11-9-8-10-12-17;1-2/h16-17,20H,6-15H2,1-5H3;1-2H3. The highest BCUT2D eigenvalue weighted by Gasteiger charge is 2.47. The molecular weight excluding hydrogens is 296 g/mol. The van der Waals surface area contributed by atoms with Crippen LogP contribution in [-0.4, -0.2) is 34.8 Å². The van der Waals surface area contributed by atoms with E-state index in [1.54, 1.807) is 0 Å². The van der Waals surface area contributed by atoms with Gasteiger partial charge in [0.25, 0.3) is 0 Å². The maximum atomic E-state index is 6.54. The van der Waals surface area contributed by atoms with Gasteiger partial charge in [0.05, 0.1) is 6.10 Å². The van der Waals surface area contributed by atoms with Gasteiger partial charge in [-0.1, -0.05) is 46.5 Å². The molecule has 3 heteroatoms. The molecule has 0 unspecified atom stereocenters. The molecule has 24 heavy (non-hydrogen) atoms. The molecule has 144 valence electrons. The van der Waals surface area contributed by atoms with Crippen molar-refractivity contribution in [1.82, 2.24) is 10.4 Å². The highest BCUT2D eigenvalue weighted by Crippen LogP contribution is 2.40. The molecule has 2 aliphatic rings. The lowest BCUT2D eigenvalue weighted by atomic mass is 9.79. The van der Waals surface area contributed by atoms with Crippen LogP contribution in [0.5, 0.6) is 0 Å². The van der Waals surface area contributed by atoms with E-state index in [4.69, 9.17) is 4.84 Å². The molecule has 0 aromatic carbocycles. The first-order valence-corrected chi connectivity index (χ1v) is 10.6. The average molecular weight is 341 g/mol. The van der Waals surface area contributed by atoms with Crippen molar-refractivity contribution in [2.75, 3.05) is 6.54 Å². The van der Waals surface area contributed by atoms with E-state index in [0.717, 1.165) is 6.54 Å². The van der Waals surface area contributed by atoms with Crippen molar-refractivity contribution in [3.8, 4) is 0 Å². The quantitative estimate of drug-likeness (QED) is 0.629. The Morgan fingerprint density at radius 3 is 2.00 bits per heavy atom. The van der Waals surface area contributed by atoms with Crippen LogP contribution in [0.3, 0.4) is 0 Å². The van der Waals surface area contributed by atoms with E-state index in [-0.39, 0.29) is 11.1 Å². The number of hydrogen-bond donors (Lipinski definition) is 1. The third-order valence-electron chi connectivity index (χ3n) is 5.36. The van der Waals surface area contributed by atoms with Crippen molar-refractivity contribution in [2.45, 2.75) is 129 Å². The molecular formula is C21H44N2O. The second-order valence-electron chi connectivity index (χ2n) is 8.70. The Morgan fingerprint density at radius 2 is 1.50 bits per heavy atom. The normalized spacial score (nSPS) is 25.1. The van der Waals surface area contributed by atoms with Gasteiger partial charge in [-0.3, -0.25) is 4.84 Å². The molecule has 0 aromatic heterocycles. The van der Waals surface area contributed by atoms with E-state index in [1.165, 1.54) is 57.8 Å². The fourth-order valence-electron chi connectivity index (χ4n) is 4.50. The largest absolute Gasteiger partial charge is 0.314 e. The van der Waals surface area contributed by atoms with Gasteiger partial charge >= 0.3 is 0 Å². The molecule has 0 aromatic rings. The molecule has 1 aliphatic carbocycles. The molecule has 1 heterocycles. The van der Waals surface area contributed by atoms with Gasteiger partial charge < -0.3 is 5.32 Å². The summed E-state index contributed by atoms with van der Waals surface area (Å²) in [6.07, 6.45) is 11.9. The maximum absolute atomic E-state index is 6.54. The van der Waals surface area contributed by atoms with Crippen LogP contribution < -0.4 is 5.32 Å². The summed E-state index contributed by atoms with van der Waals surface area (Å²) < 4.78 is 0. The lowest BCUT2D eigenvalue weighted by molar-refractivity contribution is -0.310. The number of rotatable bonds is 6. The minimum Gasteiger partial charge on any atom is -0.314 e. The summed E-state index contributed by atoms with van der Waals surface area (Å²) in [4.78, 5) is 6.54. The zero-order valence-electron chi connectivity index (χ0n) is 17.6. The van der Waals surface area contributed by atoms with Gasteiger partial charge in [0.15, 0.2) is 0 Å². The second-order valence-corrected chi connectivity index (χ2v) is 8.70. The SMILES string of the molecule is CC.CCCCNC1CC(C)(C)N(OC2CCCCC2)C(C)(C)C1. The van der Waals surface area contributed by atoms with Gasteiger partial charge in [-0.15, -0.1) is 0 Å². The maximum Gasteiger partial charge on any atom is 0.0793 e. The van der Waals surface area contributed by atoms with Crippen molar-refractivity contribution in [1.29, 1.82) is 0 Å². The molecule has 3 nitrogen and oxygen atoms in total.